The fourth-order valence-electron chi connectivity index (χ4n) is 6.82. The Morgan fingerprint density at radius 2 is 1.68 bits per heavy atom. The number of alkyl halides is 3. The van der Waals surface area contributed by atoms with Gasteiger partial charge in [-0.1, -0.05) is 48.5 Å². The highest BCUT2D eigenvalue weighted by Gasteiger charge is 2.41. The van der Waals surface area contributed by atoms with E-state index in [1.54, 1.807) is 4.90 Å². The molecule has 0 aliphatic carbocycles. The number of aromatic amines is 1. The van der Waals surface area contributed by atoms with Crippen molar-refractivity contribution in [3.63, 3.8) is 0 Å². The van der Waals surface area contributed by atoms with Crippen molar-refractivity contribution in [1.29, 1.82) is 0 Å². The Morgan fingerprint density at radius 1 is 0.977 bits per heavy atom. The molecule has 4 atom stereocenters. The number of nitrogens with zero attached hydrogens (tertiary/aromatic N) is 2. The lowest BCUT2D eigenvalue weighted by atomic mass is 9.85. The zero-order valence-corrected chi connectivity index (χ0v) is 24.8. The average Bonchev–Trinajstić information content (AvgIpc) is 3.36. The number of ether oxygens (including phenoxy) is 1. The summed E-state index contributed by atoms with van der Waals surface area (Å²) in [6.07, 6.45) is -2.00. The van der Waals surface area contributed by atoms with E-state index in [1.807, 2.05) is 66.4 Å². The number of fused-ring (bicyclic) bond motifs is 3. The molecule has 6 rings (SSSR count). The Morgan fingerprint density at radius 3 is 2.41 bits per heavy atom. The van der Waals surface area contributed by atoms with Crippen molar-refractivity contribution in [3.8, 4) is 0 Å². The number of hydrogen-bond acceptors (Lipinski definition) is 3. The smallest absolute Gasteiger partial charge is 0.136 e. The van der Waals surface area contributed by atoms with Crippen LogP contribution in [0.1, 0.15) is 53.5 Å². The molecule has 2 unspecified atom stereocenters. The van der Waals surface area contributed by atoms with Crippen molar-refractivity contribution in [1.82, 2.24) is 14.8 Å². The summed E-state index contributed by atoms with van der Waals surface area (Å²) in [7, 11) is 0. The van der Waals surface area contributed by atoms with Gasteiger partial charge in [0.1, 0.15) is 24.0 Å². The summed E-state index contributed by atoms with van der Waals surface area (Å²) in [6.45, 7) is 2.87. The standard InChI is InChI=1S/C35H38F5N3O/c1-22-14-28-27-10-5-6-11-31(27)41-34(28)35(43(22)19-26(37)21-44-20-23-8-3-2-4-9-23)32-29(38)15-24(16-30(32)39)33(40)25-17-42(18-25)13-7-12-36/h2-6,8-11,15-16,22,25-26,33,35,41H,7,12-14,17-21H2,1H3/t22-,26?,33?,35-/m1/s1. The lowest BCUT2D eigenvalue weighted by Crippen LogP contribution is -2.49. The van der Waals surface area contributed by atoms with Gasteiger partial charge in [0.25, 0.3) is 0 Å². The zero-order valence-electron chi connectivity index (χ0n) is 24.8. The van der Waals surface area contributed by atoms with Crippen molar-refractivity contribution in [2.24, 2.45) is 5.92 Å². The van der Waals surface area contributed by atoms with E-state index in [-0.39, 0.29) is 36.9 Å². The molecule has 2 aliphatic heterocycles. The topological polar surface area (TPSA) is 31.5 Å². The van der Waals surface area contributed by atoms with Crippen molar-refractivity contribution in [2.45, 2.75) is 50.8 Å². The molecule has 0 saturated carbocycles. The van der Waals surface area contributed by atoms with Crippen molar-refractivity contribution in [3.05, 3.63) is 106 Å². The van der Waals surface area contributed by atoms with Gasteiger partial charge in [0.2, 0.25) is 0 Å². The number of benzene rings is 3. The summed E-state index contributed by atoms with van der Waals surface area (Å²) in [6, 6.07) is 18.2. The molecule has 0 radical (unpaired) electrons. The van der Waals surface area contributed by atoms with E-state index in [4.69, 9.17) is 4.74 Å². The Balaban J connectivity index is 1.27. The summed E-state index contributed by atoms with van der Waals surface area (Å²) in [5.41, 5.74) is 3.05. The van der Waals surface area contributed by atoms with Gasteiger partial charge in [0.05, 0.1) is 25.9 Å². The van der Waals surface area contributed by atoms with Gasteiger partial charge in [-0.3, -0.25) is 9.29 Å². The van der Waals surface area contributed by atoms with Crippen LogP contribution in [0.25, 0.3) is 10.9 Å². The van der Waals surface area contributed by atoms with E-state index >= 15 is 17.6 Å². The van der Waals surface area contributed by atoms with Crippen LogP contribution in [0.15, 0.2) is 66.7 Å². The quantitative estimate of drug-likeness (QED) is 0.167. The van der Waals surface area contributed by atoms with Crippen LogP contribution in [0, 0.1) is 17.6 Å². The summed E-state index contributed by atoms with van der Waals surface area (Å²) in [5, 5.41) is 0.963. The number of halogens is 5. The SMILES string of the molecule is C[C@@H]1Cc2c([nH]c3ccccc23)[C@@H](c2c(F)cc(C(F)C3CN(CCCF)C3)cc2F)N1CC(F)COCc1ccccc1. The van der Waals surface area contributed by atoms with Crippen LogP contribution in [-0.2, 0) is 17.8 Å². The molecule has 2 aliphatic rings. The van der Waals surface area contributed by atoms with Gasteiger partial charge in [0, 0.05) is 60.3 Å². The van der Waals surface area contributed by atoms with E-state index in [0.29, 0.717) is 38.2 Å². The van der Waals surface area contributed by atoms with Gasteiger partial charge in [0.15, 0.2) is 0 Å². The van der Waals surface area contributed by atoms with Crippen LogP contribution in [0.2, 0.25) is 0 Å². The fourth-order valence-corrected chi connectivity index (χ4v) is 6.82. The molecule has 1 fully saturated rings. The number of nitrogens with one attached hydrogen (secondary N) is 1. The predicted molar refractivity (Wildman–Crippen MR) is 162 cm³/mol. The van der Waals surface area contributed by atoms with E-state index in [0.717, 1.165) is 34.2 Å². The number of H-pyrrole nitrogens is 1. The first-order valence-electron chi connectivity index (χ1n) is 15.4. The Kier molecular flexibility index (Phi) is 9.35. The minimum Gasteiger partial charge on any atom is -0.374 e. The highest BCUT2D eigenvalue weighted by Crippen LogP contribution is 2.44. The van der Waals surface area contributed by atoms with Crippen LogP contribution < -0.4 is 0 Å². The zero-order chi connectivity index (χ0) is 30.8. The minimum atomic E-state index is -1.54. The van der Waals surface area contributed by atoms with Gasteiger partial charge in [-0.2, -0.15) is 0 Å². The van der Waals surface area contributed by atoms with Gasteiger partial charge < -0.3 is 14.6 Å². The van der Waals surface area contributed by atoms with E-state index in [2.05, 4.69) is 4.98 Å². The van der Waals surface area contributed by atoms with Crippen molar-refractivity contribution >= 4 is 10.9 Å². The highest BCUT2D eigenvalue weighted by molar-refractivity contribution is 5.85. The van der Waals surface area contributed by atoms with E-state index in [1.165, 1.54) is 0 Å². The molecule has 44 heavy (non-hydrogen) atoms. The number of likely N-dealkylation sites (tertiary alicyclic amines) is 1. The first kappa shape index (κ1) is 30.7. The molecule has 1 saturated heterocycles. The monoisotopic (exact) mass is 611 g/mol. The molecule has 0 bridgehead atoms. The molecule has 0 amide bonds. The molecule has 4 aromatic rings. The number of para-hydroxylation sites is 1. The molecule has 234 valence electrons. The summed E-state index contributed by atoms with van der Waals surface area (Å²) >= 11 is 0. The second kappa shape index (κ2) is 13.4. The van der Waals surface area contributed by atoms with Crippen LogP contribution in [0.4, 0.5) is 22.0 Å². The average molecular weight is 612 g/mol. The van der Waals surface area contributed by atoms with Gasteiger partial charge >= 0.3 is 0 Å². The lowest BCUT2D eigenvalue weighted by molar-refractivity contribution is 0.0323. The summed E-state index contributed by atoms with van der Waals surface area (Å²) in [5.74, 6) is -2.13. The Labute approximate surface area is 254 Å². The van der Waals surface area contributed by atoms with E-state index in [9.17, 15) is 4.39 Å². The molecule has 0 spiro atoms. The third-order valence-electron chi connectivity index (χ3n) is 9.04. The lowest BCUT2D eigenvalue weighted by Gasteiger charge is -2.42. The molecule has 4 nitrogen and oxygen atoms in total. The third-order valence-corrected chi connectivity index (χ3v) is 9.04. The van der Waals surface area contributed by atoms with E-state index < -0.39 is 42.6 Å². The molecule has 9 heteroatoms. The predicted octanol–water partition coefficient (Wildman–Crippen LogP) is 7.64. The summed E-state index contributed by atoms with van der Waals surface area (Å²) < 4.78 is 81.2. The van der Waals surface area contributed by atoms with Crippen LogP contribution in [0.3, 0.4) is 0 Å². The molecular formula is C35H38F5N3O. The van der Waals surface area contributed by atoms with Gasteiger partial charge in [-0.15, -0.1) is 0 Å². The summed E-state index contributed by atoms with van der Waals surface area (Å²) in [4.78, 5) is 7.09. The number of hydrogen-bond donors (Lipinski definition) is 1. The fraction of sp³-hybridized carbons (Fsp3) is 0.429. The molecular weight excluding hydrogens is 573 g/mol. The van der Waals surface area contributed by atoms with Crippen LogP contribution in [-0.4, -0.2) is 66.5 Å². The Bertz CT molecular complexity index is 1530. The Hall–Kier alpha value is -3.27. The minimum absolute atomic E-state index is 0.0520. The largest absolute Gasteiger partial charge is 0.374 e. The molecule has 1 aromatic heterocycles. The van der Waals surface area contributed by atoms with Crippen LogP contribution in [0.5, 0.6) is 0 Å². The third kappa shape index (κ3) is 6.28. The molecule has 1 N–H and O–H groups in total. The second-order valence-corrected chi connectivity index (χ2v) is 12.2. The van der Waals surface area contributed by atoms with Gasteiger partial charge in [-0.25, -0.2) is 17.6 Å². The molecule has 3 aromatic carbocycles. The molecule has 3 heterocycles. The normalized spacial score (nSPS) is 20.9. The van der Waals surface area contributed by atoms with Crippen molar-refractivity contribution in [2.75, 3.05) is 39.5 Å². The second-order valence-electron chi connectivity index (χ2n) is 12.2. The first-order valence-corrected chi connectivity index (χ1v) is 15.4. The maximum Gasteiger partial charge on any atom is 0.136 e. The van der Waals surface area contributed by atoms with Gasteiger partial charge in [-0.05, 0) is 54.7 Å². The van der Waals surface area contributed by atoms with Crippen LogP contribution >= 0.6 is 0 Å². The van der Waals surface area contributed by atoms with Crippen molar-refractivity contribution < 1.29 is 26.7 Å². The maximum absolute atomic E-state index is 16.0. The first-order chi connectivity index (χ1) is 21.3. The highest BCUT2D eigenvalue weighted by atomic mass is 19.1. The maximum atomic E-state index is 16.0. The number of rotatable bonds is 12. The number of aromatic nitrogens is 1.